The van der Waals surface area contributed by atoms with Crippen molar-refractivity contribution in [1.82, 2.24) is 4.90 Å². The van der Waals surface area contributed by atoms with Crippen molar-refractivity contribution in [1.29, 1.82) is 10.8 Å². The molecule has 0 bridgehead atoms. The predicted octanol–water partition coefficient (Wildman–Crippen LogP) is 2.72. The molecule has 2 amide bonds. The number of rotatable bonds is 7. The number of carbonyl (C=O) groups excluding carboxylic acids is 1. The molecule has 2 N–H and O–H groups in total. The second kappa shape index (κ2) is 7.95. The molecule has 1 saturated heterocycles. The zero-order valence-corrected chi connectivity index (χ0v) is 14.8. The van der Waals surface area contributed by atoms with Crippen LogP contribution in [0.2, 0.25) is 0 Å². The predicted molar refractivity (Wildman–Crippen MR) is 104 cm³/mol. The van der Waals surface area contributed by atoms with E-state index in [0.717, 1.165) is 17.7 Å². The average molecular weight is 353 g/mol. The maximum Gasteiger partial charge on any atom is 0.324 e. The smallest absolute Gasteiger partial charge is 0.324 e. The summed E-state index contributed by atoms with van der Waals surface area (Å²) in [6.45, 7) is 1.85. The largest absolute Gasteiger partial charge is 0.496 e. The van der Waals surface area contributed by atoms with Gasteiger partial charge in [-0.15, -0.1) is 0 Å². The summed E-state index contributed by atoms with van der Waals surface area (Å²) in [6.07, 6.45) is 9.26. The second-order valence-electron chi connectivity index (χ2n) is 6.23. The first-order chi connectivity index (χ1) is 12.7. The lowest BCUT2D eigenvalue weighted by atomic mass is 10.00. The number of hydrogen-bond acceptors (Lipinski definition) is 5. The molecule has 1 aromatic carbocycles. The van der Waals surface area contributed by atoms with Crippen LogP contribution < -0.4 is 9.64 Å². The zero-order chi connectivity index (χ0) is 18.5. The minimum absolute atomic E-state index is 0.0329. The molecule has 0 radical (unpaired) electrons. The van der Waals surface area contributed by atoms with Crippen LogP contribution in [0.15, 0.2) is 35.3 Å². The number of ether oxygens (including phenoxy) is 1. The van der Waals surface area contributed by atoms with E-state index in [9.17, 15) is 4.79 Å². The number of methoxy groups -OCH3 is 1. The summed E-state index contributed by atoms with van der Waals surface area (Å²) in [6, 6.07) is 5.46. The van der Waals surface area contributed by atoms with Crippen molar-refractivity contribution in [3.63, 3.8) is 0 Å². The molecule has 1 unspecified atom stereocenters. The van der Waals surface area contributed by atoms with Crippen LogP contribution in [0.1, 0.15) is 17.9 Å². The van der Waals surface area contributed by atoms with E-state index in [1.54, 1.807) is 18.1 Å². The molecular formula is C19H23N5O2. The number of nitrogens with one attached hydrogen (secondary N) is 2. The van der Waals surface area contributed by atoms with Crippen molar-refractivity contribution < 1.29 is 9.53 Å². The Hall–Kier alpha value is -2.96. The number of anilines is 1. The fourth-order valence-electron chi connectivity index (χ4n) is 3.24. The van der Waals surface area contributed by atoms with Gasteiger partial charge in [0.2, 0.25) is 0 Å². The normalized spacial score (nSPS) is 20.3. The first-order valence-corrected chi connectivity index (χ1v) is 8.61. The monoisotopic (exact) mass is 353 g/mol. The Bertz CT molecular complexity index is 738. The highest BCUT2D eigenvalue weighted by Gasteiger charge is 2.31. The highest BCUT2D eigenvalue weighted by atomic mass is 16.5. The van der Waals surface area contributed by atoms with E-state index in [1.807, 2.05) is 29.3 Å². The Morgan fingerprint density at radius 2 is 2.15 bits per heavy atom. The number of amides is 2. The van der Waals surface area contributed by atoms with Gasteiger partial charge in [0.1, 0.15) is 5.75 Å². The van der Waals surface area contributed by atoms with Crippen molar-refractivity contribution in [3.05, 3.63) is 35.9 Å². The van der Waals surface area contributed by atoms with Gasteiger partial charge in [-0.3, -0.25) is 9.89 Å². The molecule has 0 spiro atoms. The van der Waals surface area contributed by atoms with Gasteiger partial charge in [0.25, 0.3) is 0 Å². The van der Waals surface area contributed by atoms with Gasteiger partial charge in [0, 0.05) is 62.0 Å². The summed E-state index contributed by atoms with van der Waals surface area (Å²) in [5, 5.41) is 14.9. The van der Waals surface area contributed by atoms with Gasteiger partial charge in [-0.1, -0.05) is 18.2 Å². The van der Waals surface area contributed by atoms with Crippen molar-refractivity contribution >= 4 is 30.4 Å². The molecule has 7 heteroatoms. The Balaban J connectivity index is 1.76. The number of benzene rings is 1. The van der Waals surface area contributed by atoms with Crippen LogP contribution in [0, 0.1) is 10.8 Å². The number of allylic oxidation sites excluding steroid dienone is 1. The Morgan fingerprint density at radius 1 is 1.35 bits per heavy atom. The van der Waals surface area contributed by atoms with Crippen LogP contribution in [0.3, 0.4) is 0 Å². The van der Waals surface area contributed by atoms with Gasteiger partial charge in [-0.25, -0.2) is 4.79 Å². The molecule has 1 fully saturated rings. The molecule has 7 nitrogen and oxygen atoms in total. The van der Waals surface area contributed by atoms with E-state index in [2.05, 4.69) is 11.1 Å². The number of dihydropyridines is 1. The minimum Gasteiger partial charge on any atom is -0.496 e. The molecule has 2 aliphatic rings. The number of nitrogens with zero attached hydrogens (tertiary/aromatic N) is 3. The molecule has 2 heterocycles. The summed E-state index contributed by atoms with van der Waals surface area (Å²) in [7, 11) is 1.55. The molecule has 0 saturated carbocycles. The van der Waals surface area contributed by atoms with E-state index in [1.165, 1.54) is 12.4 Å². The Labute approximate surface area is 153 Å². The van der Waals surface area contributed by atoms with Gasteiger partial charge >= 0.3 is 6.03 Å². The quantitative estimate of drug-likeness (QED) is 0.583. The van der Waals surface area contributed by atoms with Crippen LogP contribution in [-0.2, 0) is 0 Å². The molecule has 0 aliphatic carbocycles. The highest BCUT2D eigenvalue weighted by Crippen LogP contribution is 2.31. The summed E-state index contributed by atoms with van der Waals surface area (Å²) < 4.78 is 5.43. The third-order valence-electron chi connectivity index (χ3n) is 4.65. The first-order valence-electron chi connectivity index (χ1n) is 8.61. The van der Waals surface area contributed by atoms with Gasteiger partial charge in [-0.05, 0) is 6.07 Å². The van der Waals surface area contributed by atoms with Crippen LogP contribution in [0.25, 0.3) is 0 Å². The zero-order valence-electron chi connectivity index (χ0n) is 14.8. The molecule has 26 heavy (non-hydrogen) atoms. The van der Waals surface area contributed by atoms with E-state index in [0.29, 0.717) is 25.4 Å². The molecule has 2 aliphatic heterocycles. The number of aliphatic imine (C=N–C) groups is 1. The lowest BCUT2D eigenvalue weighted by Crippen LogP contribution is -2.36. The maximum absolute atomic E-state index is 12.8. The Morgan fingerprint density at radius 3 is 2.81 bits per heavy atom. The minimum atomic E-state index is -0.430. The number of hydrogen-bond donors (Lipinski definition) is 2. The summed E-state index contributed by atoms with van der Waals surface area (Å²) >= 11 is 0. The molecular weight excluding hydrogens is 330 g/mol. The molecule has 0 aromatic heterocycles. The van der Waals surface area contributed by atoms with Crippen LogP contribution >= 0.6 is 0 Å². The van der Waals surface area contributed by atoms with Gasteiger partial charge in [0.15, 0.2) is 0 Å². The lowest BCUT2D eigenvalue weighted by molar-refractivity contribution is 0.219. The third kappa shape index (κ3) is 3.51. The fourth-order valence-corrected chi connectivity index (χ4v) is 3.24. The lowest BCUT2D eigenvalue weighted by Gasteiger charge is -2.22. The molecule has 3 rings (SSSR count). The van der Waals surface area contributed by atoms with E-state index in [4.69, 9.17) is 15.6 Å². The summed E-state index contributed by atoms with van der Waals surface area (Å²) in [4.78, 5) is 20.7. The van der Waals surface area contributed by atoms with Crippen molar-refractivity contribution in [2.75, 3.05) is 31.6 Å². The molecule has 1 aromatic rings. The van der Waals surface area contributed by atoms with Gasteiger partial charge < -0.3 is 20.5 Å². The average Bonchev–Trinajstić information content (AvgIpc) is 3.04. The van der Waals surface area contributed by atoms with Crippen molar-refractivity contribution in [2.24, 2.45) is 4.99 Å². The third-order valence-corrected chi connectivity index (χ3v) is 4.65. The van der Waals surface area contributed by atoms with Gasteiger partial charge in [-0.2, -0.15) is 0 Å². The SMILES string of the molecule is COc1cc(N2CCN(CC3C=CCC=N3)C2=O)ccc1C(C=N)C=N. The number of urea groups is 1. The second-order valence-corrected chi connectivity index (χ2v) is 6.23. The summed E-state index contributed by atoms with van der Waals surface area (Å²) in [5.74, 6) is 0.145. The van der Waals surface area contributed by atoms with E-state index in [-0.39, 0.29) is 12.1 Å². The highest BCUT2D eigenvalue weighted by molar-refractivity contribution is 5.95. The standard InChI is InChI=1S/C19H23N5O2/c1-26-18-10-16(5-6-17(18)14(11-20)12-21)24-9-8-23(19(24)25)13-15-4-2-3-7-22-15/h2,4-7,10-12,14-15,20-21H,3,8-9,13H2,1H3. The molecule has 136 valence electrons. The Kier molecular flexibility index (Phi) is 5.46. The maximum atomic E-state index is 12.8. The van der Waals surface area contributed by atoms with Crippen LogP contribution in [0.5, 0.6) is 5.75 Å². The van der Waals surface area contributed by atoms with Gasteiger partial charge in [0.05, 0.1) is 19.1 Å². The molecule has 1 atom stereocenters. The van der Waals surface area contributed by atoms with Crippen LogP contribution in [-0.4, -0.2) is 62.4 Å². The topological polar surface area (TPSA) is 92.8 Å². The summed E-state index contributed by atoms with van der Waals surface area (Å²) in [5.41, 5.74) is 1.50. The van der Waals surface area contributed by atoms with Crippen molar-refractivity contribution in [2.45, 2.75) is 18.4 Å². The van der Waals surface area contributed by atoms with Crippen LogP contribution in [0.4, 0.5) is 10.5 Å². The number of carbonyl (C=O) groups is 1. The van der Waals surface area contributed by atoms with E-state index >= 15 is 0 Å². The van der Waals surface area contributed by atoms with E-state index < -0.39 is 5.92 Å². The fraction of sp³-hybridized carbons (Fsp3) is 0.368. The van der Waals surface area contributed by atoms with Crippen molar-refractivity contribution in [3.8, 4) is 5.75 Å². The first kappa shape index (κ1) is 17.8.